The van der Waals surface area contributed by atoms with Crippen molar-refractivity contribution in [2.75, 3.05) is 6.61 Å². The summed E-state index contributed by atoms with van der Waals surface area (Å²) in [7, 11) is 0. The predicted molar refractivity (Wildman–Crippen MR) is 108 cm³/mol. The highest BCUT2D eigenvalue weighted by Crippen LogP contribution is 2.16. The topological polar surface area (TPSA) is 93.1 Å². The molecule has 0 aliphatic carbocycles. The molecule has 1 aliphatic rings. The molecule has 0 amide bonds. The summed E-state index contributed by atoms with van der Waals surface area (Å²) in [6.07, 6.45) is 15.5. The van der Waals surface area contributed by atoms with E-state index < -0.39 is 23.9 Å². The first-order valence-electron chi connectivity index (χ1n) is 11.0. The summed E-state index contributed by atoms with van der Waals surface area (Å²) in [5, 5.41) is 19.0. The fourth-order valence-corrected chi connectivity index (χ4v) is 3.26. The van der Waals surface area contributed by atoms with Crippen LogP contribution in [0.15, 0.2) is 11.8 Å². The molecular formula is C22H38O6. The van der Waals surface area contributed by atoms with E-state index >= 15 is 0 Å². The fraction of sp³-hybridized carbons (Fsp3) is 0.818. The van der Waals surface area contributed by atoms with Crippen LogP contribution in [-0.4, -0.2) is 41.0 Å². The number of carbonyl (C=O) groups excluding carboxylic acids is 2. The third-order valence-electron chi connectivity index (χ3n) is 5.05. The summed E-state index contributed by atoms with van der Waals surface area (Å²) in [6.45, 7) is 1.99. The Bertz CT molecular complexity index is 474. The SMILES string of the molecule is CCCCCCCCCCCCCCCC(=O)OCC(O)C1C=C(O)C(=O)O1. The van der Waals surface area contributed by atoms with Gasteiger partial charge >= 0.3 is 11.9 Å². The largest absolute Gasteiger partial charge is 0.502 e. The second kappa shape index (κ2) is 15.4. The van der Waals surface area contributed by atoms with Gasteiger partial charge in [0.2, 0.25) is 5.76 Å². The molecule has 0 aromatic heterocycles. The quantitative estimate of drug-likeness (QED) is 0.271. The number of ether oxygens (including phenoxy) is 2. The highest BCUT2D eigenvalue weighted by Gasteiger charge is 2.31. The minimum absolute atomic E-state index is 0.251. The van der Waals surface area contributed by atoms with Gasteiger partial charge in [-0.15, -0.1) is 0 Å². The number of hydrogen-bond acceptors (Lipinski definition) is 6. The number of aliphatic hydroxyl groups excluding tert-OH is 2. The molecule has 0 spiro atoms. The van der Waals surface area contributed by atoms with Crippen LogP contribution in [0.1, 0.15) is 96.8 Å². The van der Waals surface area contributed by atoms with Crippen LogP contribution >= 0.6 is 0 Å². The minimum atomic E-state index is -1.16. The molecule has 0 radical (unpaired) electrons. The molecule has 2 N–H and O–H groups in total. The van der Waals surface area contributed by atoms with Crippen LogP contribution in [0, 0.1) is 0 Å². The normalized spacial score (nSPS) is 17.3. The van der Waals surface area contributed by atoms with Crippen LogP contribution in [0.5, 0.6) is 0 Å². The van der Waals surface area contributed by atoms with Crippen molar-refractivity contribution in [3.8, 4) is 0 Å². The van der Waals surface area contributed by atoms with E-state index in [0.29, 0.717) is 6.42 Å². The summed E-state index contributed by atoms with van der Waals surface area (Å²) in [5.41, 5.74) is 0. The van der Waals surface area contributed by atoms with Crippen molar-refractivity contribution in [3.63, 3.8) is 0 Å². The third kappa shape index (κ3) is 11.3. The first-order valence-corrected chi connectivity index (χ1v) is 11.0. The predicted octanol–water partition coefficient (Wildman–Crippen LogP) is 4.74. The Morgan fingerprint density at radius 1 is 1.00 bits per heavy atom. The van der Waals surface area contributed by atoms with Crippen molar-refractivity contribution in [1.29, 1.82) is 0 Å². The van der Waals surface area contributed by atoms with Crippen LogP contribution < -0.4 is 0 Å². The van der Waals surface area contributed by atoms with Crippen LogP contribution in [0.25, 0.3) is 0 Å². The van der Waals surface area contributed by atoms with E-state index in [9.17, 15) is 14.7 Å². The van der Waals surface area contributed by atoms with Crippen molar-refractivity contribution >= 4 is 11.9 Å². The van der Waals surface area contributed by atoms with Gasteiger partial charge in [0, 0.05) is 12.5 Å². The van der Waals surface area contributed by atoms with Gasteiger partial charge in [0.1, 0.15) is 12.7 Å². The zero-order valence-corrected chi connectivity index (χ0v) is 17.4. The van der Waals surface area contributed by atoms with Gasteiger partial charge in [-0.25, -0.2) is 4.79 Å². The Balaban J connectivity index is 1.87. The van der Waals surface area contributed by atoms with Crippen molar-refractivity contribution in [2.24, 2.45) is 0 Å². The first kappa shape index (κ1) is 24.5. The molecular weight excluding hydrogens is 360 g/mol. The van der Waals surface area contributed by atoms with Gasteiger partial charge < -0.3 is 19.7 Å². The van der Waals surface area contributed by atoms with E-state index in [-0.39, 0.29) is 12.6 Å². The molecule has 2 unspecified atom stereocenters. The molecule has 0 saturated heterocycles. The summed E-state index contributed by atoms with van der Waals surface area (Å²) in [6, 6.07) is 0. The number of unbranched alkanes of at least 4 members (excludes halogenated alkanes) is 12. The van der Waals surface area contributed by atoms with Crippen LogP contribution in [0.2, 0.25) is 0 Å². The lowest BCUT2D eigenvalue weighted by Gasteiger charge is -2.15. The Labute approximate surface area is 169 Å². The minimum Gasteiger partial charge on any atom is -0.502 e. The van der Waals surface area contributed by atoms with Crippen molar-refractivity contribution in [1.82, 2.24) is 0 Å². The van der Waals surface area contributed by atoms with Gasteiger partial charge in [-0.3, -0.25) is 4.79 Å². The maximum absolute atomic E-state index is 11.7. The van der Waals surface area contributed by atoms with Crippen LogP contribution in [0.3, 0.4) is 0 Å². The fourth-order valence-electron chi connectivity index (χ4n) is 3.26. The molecule has 1 heterocycles. The molecule has 0 fully saturated rings. The van der Waals surface area contributed by atoms with Gasteiger partial charge in [-0.2, -0.15) is 0 Å². The molecule has 28 heavy (non-hydrogen) atoms. The Kier molecular flexibility index (Phi) is 13.4. The van der Waals surface area contributed by atoms with Crippen LogP contribution in [-0.2, 0) is 19.1 Å². The highest BCUT2D eigenvalue weighted by molar-refractivity contribution is 5.88. The number of cyclic esters (lactones) is 1. The van der Waals surface area contributed by atoms with E-state index in [0.717, 1.165) is 25.3 Å². The van der Waals surface area contributed by atoms with Gasteiger partial charge in [0.05, 0.1) is 0 Å². The van der Waals surface area contributed by atoms with E-state index in [2.05, 4.69) is 6.92 Å². The smallest absolute Gasteiger partial charge is 0.373 e. The molecule has 2 atom stereocenters. The third-order valence-corrected chi connectivity index (χ3v) is 5.05. The number of esters is 2. The molecule has 6 heteroatoms. The number of aliphatic hydroxyl groups is 2. The molecule has 162 valence electrons. The Morgan fingerprint density at radius 2 is 1.50 bits per heavy atom. The number of hydrogen-bond donors (Lipinski definition) is 2. The average molecular weight is 399 g/mol. The number of carbonyl (C=O) groups is 2. The lowest BCUT2D eigenvalue weighted by Crippen LogP contribution is -2.31. The molecule has 0 bridgehead atoms. The highest BCUT2D eigenvalue weighted by atomic mass is 16.6. The summed E-state index contributed by atoms with van der Waals surface area (Å²) >= 11 is 0. The maximum atomic E-state index is 11.7. The Hall–Kier alpha value is -1.56. The lowest BCUT2D eigenvalue weighted by molar-refractivity contribution is -0.153. The van der Waals surface area contributed by atoms with E-state index in [1.165, 1.54) is 64.2 Å². The first-order chi connectivity index (χ1) is 13.5. The van der Waals surface area contributed by atoms with Crippen LogP contribution in [0.4, 0.5) is 0 Å². The van der Waals surface area contributed by atoms with Crippen molar-refractivity contribution in [2.45, 2.75) is 109 Å². The standard InChI is InChI=1S/C22H38O6/c1-2-3-4-5-6-7-8-9-10-11-12-13-14-15-21(25)27-17-19(24)20-16-18(23)22(26)28-20/h16,19-20,23-24H,2-15,17H2,1H3. The summed E-state index contributed by atoms with van der Waals surface area (Å²) < 4.78 is 9.73. The van der Waals surface area contributed by atoms with E-state index in [4.69, 9.17) is 14.6 Å². The zero-order chi connectivity index (χ0) is 20.6. The van der Waals surface area contributed by atoms with Gasteiger partial charge in [-0.1, -0.05) is 84.0 Å². The van der Waals surface area contributed by atoms with Crippen molar-refractivity contribution in [3.05, 3.63) is 11.8 Å². The van der Waals surface area contributed by atoms with Gasteiger partial charge in [0.15, 0.2) is 6.10 Å². The molecule has 0 saturated carbocycles. The monoisotopic (exact) mass is 398 g/mol. The van der Waals surface area contributed by atoms with Crippen molar-refractivity contribution < 1.29 is 29.3 Å². The number of rotatable bonds is 17. The van der Waals surface area contributed by atoms with E-state index in [1.807, 2.05) is 0 Å². The molecule has 0 aromatic carbocycles. The molecule has 1 aliphatic heterocycles. The molecule has 0 aromatic rings. The van der Waals surface area contributed by atoms with Gasteiger partial charge in [0.25, 0.3) is 0 Å². The second-order valence-corrected chi connectivity index (χ2v) is 7.66. The molecule has 1 rings (SSSR count). The summed E-state index contributed by atoms with van der Waals surface area (Å²) in [5.74, 6) is -1.76. The maximum Gasteiger partial charge on any atom is 0.373 e. The second-order valence-electron chi connectivity index (χ2n) is 7.66. The average Bonchev–Trinajstić information content (AvgIpc) is 3.02. The zero-order valence-electron chi connectivity index (χ0n) is 17.4. The van der Waals surface area contributed by atoms with E-state index in [1.54, 1.807) is 0 Å². The summed E-state index contributed by atoms with van der Waals surface area (Å²) in [4.78, 5) is 22.7. The Morgan fingerprint density at radius 3 is 1.96 bits per heavy atom. The van der Waals surface area contributed by atoms with Gasteiger partial charge in [-0.05, 0) is 6.42 Å². The lowest BCUT2D eigenvalue weighted by atomic mass is 10.0. The molecule has 6 nitrogen and oxygen atoms in total.